The fraction of sp³-hybridized carbons (Fsp3) is 0.421. The van der Waals surface area contributed by atoms with Crippen LogP contribution in [0.2, 0.25) is 0 Å². The SMILES string of the molecule is Cl.O=C(CCSc1ccccc1)N1CCN(CC(O)c2cccs2)CC1. The largest absolute Gasteiger partial charge is 0.386 e. The quantitative estimate of drug-likeness (QED) is 0.706. The van der Waals surface area contributed by atoms with Gasteiger partial charge in [-0.15, -0.1) is 35.5 Å². The van der Waals surface area contributed by atoms with Gasteiger partial charge in [0.2, 0.25) is 5.91 Å². The van der Waals surface area contributed by atoms with Crippen LogP contribution in [0.15, 0.2) is 52.7 Å². The molecule has 0 aliphatic carbocycles. The maximum absolute atomic E-state index is 12.4. The van der Waals surface area contributed by atoms with Crippen LogP contribution >= 0.6 is 35.5 Å². The number of amides is 1. The first-order valence-electron chi connectivity index (χ1n) is 8.62. The Balaban J connectivity index is 0.00000243. The van der Waals surface area contributed by atoms with E-state index >= 15 is 0 Å². The molecule has 1 unspecified atom stereocenters. The molecule has 1 saturated heterocycles. The molecule has 0 radical (unpaired) electrons. The van der Waals surface area contributed by atoms with E-state index in [2.05, 4.69) is 17.0 Å². The zero-order chi connectivity index (χ0) is 17.5. The lowest BCUT2D eigenvalue weighted by Crippen LogP contribution is -2.49. The summed E-state index contributed by atoms with van der Waals surface area (Å²) < 4.78 is 0. The normalized spacial score (nSPS) is 16.1. The van der Waals surface area contributed by atoms with Crippen molar-refractivity contribution in [3.05, 3.63) is 52.7 Å². The summed E-state index contributed by atoms with van der Waals surface area (Å²) in [7, 11) is 0. The van der Waals surface area contributed by atoms with Crippen LogP contribution in [0.25, 0.3) is 0 Å². The van der Waals surface area contributed by atoms with Gasteiger partial charge in [-0.05, 0) is 23.6 Å². The van der Waals surface area contributed by atoms with Crippen molar-refractivity contribution in [2.75, 3.05) is 38.5 Å². The zero-order valence-corrected chi connectivity index (χ0v) is 17.1. The number of carbonyl (C=O) groups is 1. The lowest BCUT2D eigenvalue weighted by Gasteiger charge is -2.35. The van der Waals surface area contributed by atoms with E-state index in [-0.39, 0.29) is 18.3 Å². The molecule has 1 amide bonds. The third kappa shape index (κ3) is 6.28. The number of halogens is 1. The first-order chi connectivity index (χ1) is 12.2. The third-order valence-electron chi connectivity index (χ3n) is 4.36. The number of nitrogens with zero attached hydrogens (tertiary/aromatic N) is 2. The van der Waals surface area contributed by atoms with Gasteiger partial charge in [-0.1, -0.05) is 24.3 Å². The molecule has 2 aromatic rings. The summed E-state index contributed by atoms with van der Waals surface area (Å²) in [5.74, 6) is 1.06. The minimum atomic E-state index is -0.426. The van der Waals surface area contributed by atoms with Gasteiger partial charge < -0.3 is 10.0 Å². The Hall–Kier alpha value is -1.05. The van der Waals surface area contributed by atoms with Crippen molar-refractivity contribution >= 4 is 41.4 Å². The fourth-order valence-corrected chi connectivity index (χ4v) is 4.49. The molecule has 4 nitrogen and oxygen atoms in total. The van der Waals surface area contributed by atoms with Crippen molar-refractivity contribution in [2.45, 2.75) is 17.4 Å². The molecular formula is C19H25ClN2O2S2. The van der Waals surface area contributed by atoms with Gasteiger partial charge >= 0.3 is 0 Å². The molecule has 1 fully saturated rings. The number of carbonyl (C=O) groups excluding carboxylic acids is 1. The van der Waals surface area contributed by atoms with Crippen LogP contribution in [-0.2, 0) is 4.79 Å². The van der Waals surface area contributed by atoms with Gasteiger partial charge in [0.1, 0.15) is 6.10 Å². The summed E-state index contributed by atoms with van der Waals surface area (Å²) in [4.78, 5) is 18.8. The van der Waals surface area contributed by atoms with Crippen molar-refractivity contribution in [3.63, 3.8) is 0 Å². The van der Waals surface area contributed by atoms with Gasteiger partial charge in [0.15, 0.2) is 0 Å². The Bertz CT molecular complexity index is 647. The van der Waals surface area contributed by atoms with Gasteiger partial charge in [-0.25, -0.2) is 0 Å². The Morgan fingerprint density at radius 1 is 1.12 bits per heavy atom. The number of aliphatic hydroxyl groups is 1. The first-order valence-corrected chi connectivity index (χ1v) is 10.5. The zero-order valence-electron chi connectivity index (χ0n) is 14.6. The van der Waals surface area contributed by atoms with Gasteiger partial charge in [-0.2, -0.15) is 0 Å². The number of hydrogen-bond donors (Lipinski definition) is 1. The molecule has 1 atom stereocenters. The van der Waals surface area contributed by atoms with Crippen molar-refractivity contribution < 1.29 is 9.90 Å². The number of benzene rings is 1. The summed E-state index contributed by atoms with van der Waals surface area (Å²) >= 11 is 3.32. The van der Waals surface area contributed by atoms with Gasteiger partial charge in [0.05, 0.1) is 0 Å². The number of aliphatic hydroxyl groups excluding tert-OH is 1. The number of β-amino-alcohol motifs (C(OH)–C–C–N with tert-alkyl or cyclic N) is 1. The Morgan fingerprint density at radius 3 is 2.50 bits per heavy atom. The number of rotatable bonds is 7. The van der Waals surface area contributed by atoms with Crippen molar-refractivity contribution in [2.24, 2.45) is 0 Å². The van der Waals surface area contributed by atoms with Crippen LogP contribution in [0.1, 0.15) is 17.4 Å². The maximum atomic E-state index is 12.4. The summed E-state index contributed by atoms with van der Waals surface area (Å²) in [5, 5.41) is 12.2. The van der Waals surface area contributed by atoms with E-state index in [4.69, 9.17) is 0 Å². The molecule has 1 aliphatic rings. The highest BCUT2D eigenvalue weighted by atomic mass is 35.5. The molecule has 1 aromatic heterocycles. The van der Waals surface area contributed by atoms with E-state index in [0.717, 1.165) is 36.8 Å². The smallest absolute Gasteiger partial charge is 0.223 e. The number of hydrogen-bond acceptors (Lipinski definition) is 5. The molecular weight excluding hydrogens is 388 g/mol. The van der Waals surface area contributed by atoms with Crippen LogP contribution in [0, 0.1) is 0 Å². The lowest BCUT2D eigenvalue weighted by molar-refractivity contribution is -0.132. The molecule has 3 rings (SSSR count). The van der Waals surface area contributed by atoms with E-state index in [0.29, 0.717) is 13.0 Å². The molecule has 1 N–H and O–H groups in total. The van der Waals surface area contributed by atoms with Crippen molar-refractivity contribution in [1.82, 2.24) is 9.80 Å². The van der Waals surface area contributed by atoms with E-state index in [1.807, 2.05) is 40.6 Å². The average Bonchev–Trinajstić information content (AvgIpc) is 3.18. The summed E-state index contributed by atoms with van der Waals surface area (Å²) in [6, 6.07) is 14.1. The van der Waals surface area contributed by atoms with E-state index in [1.165, 1.54) is 4.90 Å². The van der Waals surface area contributed by atoms with Crippen LogP contribution in [-0.4, -0.2) is 59.3 Å². The summed E-state index contributed by atoms with van der Waals surface area (Å²) in [6.07, 6.45) is 0.154. The van der Waals surface area contributed by atoms with E-state index in [1.54, 1.807) is 23.1 Å². The molecule has 1 aliphatic heterocycles. The average molecular weight is 413 g/mol. The molecule has 1 aromatic carbocycles. The molecule has 0 bridgehead atoms. The van der Waals surface area contributed by atoms with Crippen molar-refractivity contribution in [1.29, 1.82) is 0 Å². The molecule has 7 heteroatoms. The highest BCUT2D eigenvalue weighted by molar-refractivity contribution is 7.99. The Kier molecular flexibility index (Phi) is 8.95. The second-order valence-corrected chi connectivity index (χ2v) is 8.27. The second kappa shape index (κ2) is 10.9. The van der Waals surface area contributed by atoms with Gasteiger partial charge in [0.25, 0.3) is 0 Å². The molecule has 142 valence electrons. The molecule has 2 heterocycles. The fourth-order valence-electron chi connectivity index (χ4n) is 2.93. The van der Waals surface area contributed by atoms with Crippen LogP contribution in [0.4, 0.5) is 0 Å². The highest BCUT2D eigenvalue weighted by Gasteiger charge is 2.22. The van der Waals surface area contributed by atoms with Crippen LogP contribution in [0.5, 0.6) is 0 Å². The van der Waals surface area contributed by atoms with Crippen LogP contribution in [0.3, 0.4) is 0 Å². The second-order valence-electron chi connectivity index (χ2n) is 6.12. The highest BCUT2D eigenvalue weighted by Crippen LogP contribution is 2.21. The monoisotopic (exact) mass is 412 g/mol. The van der Waals surface area contributed by atoms with Gasteiger partial charge in [0, 0.05) is 54.7 Å². The predicted octanol–water partition coefficient (Wildman–Crippen LogP) is 3.53. The molecule has 26 heavy (non-hydrogen) atoms. The molecule has 0 saturated carbocycles. The topological polar surface area (TPSA) is 43.8 Å². The van der Waals surface area contributed by atoms with E-state index < -0.39 is 6.10 Å². The Morgan fingerprint density at radius 2 is 1.85 bits per heavy atom. The van der Waals surface area contributed by atoms with E-state index in [9.17, 15) is 9.90 Å². The lowest BCUT2D eigenvalue weighted by atomic mass is 10.2. The Labute approximate surface area is 169 Å². The summed E-state index contributed by atoms with van der Waals surface area (Å²) in [5.41, 5.74) is 0. The number of thiophene rings is 1. The number of piperazine rings is 1. The third-order valence-corrected chi connectivity index (χ3v) is 6.34. The minimum Gasteiger partial charge on any atom is -0.386 e. The van der Waals surface area contributed by atoms with Gasteiger partial charge in [-0.3, -0.25) is 9.69 Å². The van der Waals surface area contributed by atoms with Crippen molar-refractivity contribution in [3.8, 4) is 0 Å². The maximum Gasteiger partial charge on any atom is 0.223 e. The summed E-state index contributed by atoms with van der Waals surface area (Å²) in [6.45, 7) is 3.82. The standard InChI is InChI=1S/C19H24N2O2S2.ClH/c22-17(18-7-4-13-25-18)15-20-9-11-21(12-10-20)19(23)8-14-24-16-5-2-1-3-6-16;/h1-7,13,17,22H,8-12,14-15H2;1H. The number of thioether (sulfide) groups is 1. The van der Waals surface area contributed by atoms with Crippen LogP contribution < -0.4 is 0 Å². The predicted molar refractivity (Wildman–Crippen MR) is 111 cm³/mol. The first kappa shape index (κ1) is 21.3. The molecule has 0 spiro atoms. The minimum absolute atomic E-state index is 0.